The SMILES string of the molecule is CC[C@@H](CO)NCc1ccc[nH]1. The lowest BCUT2D eigenvalue weighted by atomic mass is 10.2. The normalized spacial score (nSPS) is 13.2. The van der Waals surface area contributed by atoms with E-state index in [-0.39, 0.29) is 12.6 Å². The van der Waals surface area contributed by atoms with Crippen LogP contribution in [0.3, 0.4) is 0 Å². The zero-order chi connectivity index (χ0) is 8.81. The summed E-state index contributed by atoms with van der Waals surface area (Å²) < 4.78 is 0. The standard InChI is InChI=1S/C9H16N2O/c1-2-8(7-12)11-6-9-4-3-5-10-9/h3-5,8,10-12H,2,6-7H2,1H3/t8-/m0/s1. The summed E-state index contributed by atoms with van der Waals surface area (Å²) in [5.41, 5.74) is 1.15. The fourth-order valence-electron chi connectivity index (χ4n) is 1.07. The Morgan fingerprint density at radius 3 is 3.00 bits per heavy atom. The second-order valence-electron chi connectivity index (χ2n) is 2.86. The van der Waals surface area contributed by atoms with Gasteiger partial charge in [-0.05, 0) is 18.6 Å². The Kier molecular flexibility index (Phi) is 3.84. The summed E-state index contributed by atoms with van der Waals surface area (Å²) in [6, 6.07) is 4.21. The van der Waals surface area contributed by atoms with Crippen molar-refractivity contribution in [1.29, 1.82) is 0 Å². The molecule has 0 bridgehead atoms. The second kappa shape index (κ2) is 4.95. The van der Waals surface area contributed by atoms with E-state index < -0.39 is 0 Å². The van der Waals surface area contributed by atoms with Crippen LogP contribution in [0.15, 0.2) is 18.3 Å². The number of aromatic amines is 1. The van der Waals surface area contributed by atoms with E-state index in [2.05, 4.69) is 17.2 Å². The Hall–Kier alpha value is -0.800. The van der Waals surface area contributed by atoms with Crippen molar-refractivity contribution in [3.63, 3.8) is 0 Å². The topological polar surface area (TPSA) is 48.0 Å². The summed E-state index contributed by atoms with van der Waals surface area (Å²) in [6.07, 6.45) is 2.86. The second-order valence-corrected chi connectivity index (χ2v) is 2.86. The van der Waals surface area contributed by atoms with Gasteiger partial charge in [0.2, 0.25) is 0 Å². The van der Waals surface area contributed by atoms with Crippen molar-refractivity contribution in [3.05, 3.63) is 24.0 Å². The van der Waals surface area contributed by atoms with E-state index in [4.69, 9.17) is 5.11 Å². The first kappa shape index (κ1) is 9.29. The maximum Gasteiger partial charge on any atom is 0.0584 e. The smallest absolute Gasteiger partial charge is 0.0584 e. The Balaban J connectivity index is 2.25. The van der Waals surface area contributed by atoms with Gasteiger partial charge in [0, 0.05) is 24.5 Å². The molecule has 0 aliphatic heterocycles. The number of hydrogen-bond donors (Lipinski definition) is 3. The summed E-state index contributed by atoms with van der Waals surface area (Å²) in [7, 11) is 0. The van der Waals surface area contributed by atoms with Gasteiger partial charge >= 0.3 is 0 Å². The average Bonchev–Trinajstić information content (AvgIpc) is 2.59. The molecule has 0 spiro atoms. The van der Waals surface area contributed by atoms with Crippen LogP contribution in [0.5, 0.6) is 0 Å². The van der Waals surface area contributed by atoms with Crippen molar-refractivity contribution in [2.45, 2.75) is 25.9 Å². The minimum Gasteiger partial charge on any atom is -0.395 e. The van der Waals surface area contributed by atoms with Crippen molar-refractivity contribution < 1.29 is 5.11 Å². The lowest BCUT2D eigenvalue weighted by Crippen LogP contribution is -2.31. The number of rotatable bonds is 5. The highest BCUT2D eigenvalue weighted by molar-refractivity contribution is 5.03. The number of aliphatic hydroxyl groups excluding tert-OH is 1. The number of H-pyrrole nitrogens is 1. The molecule has 0 unspecified atom stereocenters. The molecule has 1 atom stereocenters. The van der Waals surface area contributed by atoms with Crippen molar-refractivity contribution >= 4 is 0 Å². The van der Waals surface area contributed by atoms with Gasteiger partial charge < -0.3 is 15.4 Å². The Morgan fingerprint density at radius 1 is 1.67 bits per heavy atom. The van der Waals surface area contributed by atoms with E-state index in [0.29, 0.717) is 0 Å². The van der Waals surface area contributed by atoms with Crippen molar-refractivity contribution in [1.82, 2.24) is 10.3 Å². The Bertz CT molecular complexity index is 192. The average molecular weight is 168 g/mol. The predicted molar refractivity (Wildman–Crippen MR) is 48.8 cm³/mol. The molecule has 0 amide bonds. The van der Waals surface area contributed by atoms with Crippen LogP contribution in [0.25, 0.3) is 0 Å². The summed E-state index contributed by atoms with van der Waals surface area (Å²) in [5, 5.41) is 12.1. The van der Waals surface area contributed by atoms with Crippen LogP contribution in [0.2, 0.25) is 0 Å². The molecule has 68 valence electrons. The Labute approximate surface area is 72.8 Å². The molecule has 0 saturated heterocycles. The summed E-state index contributed by atoms with van der Waals surface area (Å²) >= 11 is 0. The Morgan fingerprint density at radius 2 is 2.50 bits per heavy atom. The maximum absolute atomic E-state index is 8.88. The lowest BCUT2D eigenvalue weighted by molar-refractivity contribution is 0.238. The zero-order valence-corrected chi connectivity index (χ0v) is 7.38. The molecule has 1 aromatic heterocycles. The van der Waals surface area contributed by atoms with Gasteiger partial charge in [-0.3, -0.25) is 0 Å². The van der Waals surface area contributed by atoms with Gasteiger partial charge in [-0.25, -0.2) is 0 Å². The monoisotopic (exact) mass is 168 g/mol. The van der Waals surface area contributed by atoms with Gasteiger partial charge in [0.25, 0.3) is 0 Å². The molecule has 0 saturated carbocycles. The fraction of sp³-hybridized carbons (Fsp3) is 0.556. The summed E-state index contributed by atoms with van der Waals surface area (Å²) in [5.74, 6) is 0. The first-order valence-corrected chi connectivity index (χ1v) is 4.33. The van der Waals surface area contributed by atoms with Gasteiger partial charge in [0.1, 0.15) is 0 Å². The van der Waals surface area contributed by atoms with Gasteiger partial charge in [-0.15, -0.1) is 0 Å². The highest BCUT2D eigenvalue weighted by Gasteiger charge is 2.02. The first-order chi connectivity index (χ1) is 5.86. The number of aliphatic hydroxyl groups is 1. The molecule has 0 radical (unpaired) electrons. The van der Waals surface area contributed by atoms with Crippen LogP contribution in [-0.4, -0.2) is 22.7 Å². The molecule has 3 nitrogen and oxygen atoms in total. The molecule has 0 aliphatic carbocycles. The van der Waals surface area contributed by atoms with Gasteiger partial charge in [-0.1, -0.05) is 6.92 Å². The lowest BCUT2D eigenvalue weighted by Gasteiger charge is -2.12. The molecule has 1 aromatic rings. The highest BCUT2D eigenvalue weighted by atomic mass is 16.3. The van der Waals surface area contributed by atoms with E-state index in [1.807, 2.05) is 18.3 Å². The molecule has 0 aromatic carbocycles. The van der Waals surface area contributed by atoms with E-state index in [9.17, 15) is 0 Å². The first-order valence-electron chi connectivity index (χ1n) is 4.33. The molecule has 0 aliphatic rings. The molecule has 0 fully saturated rings. The van der Waals surface area contributed by atoms with E-state index >= 15 is 0 Å². The molecule has 3 heteroatoms. The van der Waals surface area contributed by atoms with Crippen LogP contribution in [-0.2, 0) is 6.54 Å². The van der Waals surface area contributed by atoms with Gasteiger partial charge in [-0.2, -0.15) is 0 Å². The fourth-order valence-corrected chi connectivity index (χ4v) is 1.07. The molecule has 1 rings (SSSR count). The van der Waals surface area contributed by atoms with Crippen molar-refractivity contribution in [2.24, 2.45) is 0 Å². The quantitative estimate of drug-likeness (QED) is 0.611. The highest BCUT2D eigenvalue weighted by Crippen LogP contribution is 1.95. The van der Waals surface area contributed by atoms with Crippen LogP contribution in [0, 0.1) is 0 Å². The third-order valence-electron chi connectivity index (χ3n) is 1.96. The van der Waals surface area contributed by atoms with Crippen LogP contribution in [0.4, 0.5) is 0 Å². The maximum atomic E-state index is 8.88. The number of hydrogen-bond acceptors (Lipinski definition) is 2. The summed E-state index contributed by atoms with van der Waals surface area (Å²) in [4.78, 5) is 3.10. The van der Waals surface area contributed by atoms with E-state index in [0.717, 1.165) is 18.7 Å². The minimum atomic E-state index is 0.206. The van der Waals surface area contributed by atoms with Crippen LogP contribution < -0.4 is 5.32 Å². The van der Waals surface area contributed by atoms with E-state index in [1.165, 1.54) is 0 Å². The van der Waals surface area contributed by atoms with Gasteiger partial charge in [0.05, 0.1) is 6.61 Å². The van der Waals surface area contributed by atoms with Crippen molar-refractivity contribution in [2.75, 3.05) is 6.61 Å². The zero-order valence-electron chi connectivity index (χ0n) is 7.38. The van der Waals surface area contributed by atoms with Crippen LogP contribution >= 0.6 is 0 Å². The van der Waals surface area contributed by atoms with Gasteiger partial charge in [0.15, 0.2) is 0 Å². The molecule has 3 N–H and O–H groups in total. The largest absolute Gasteiger partial charge is 0.395 e. The third kappa shape index (κ3) is 2.68. The van der Waals surface area contributed by atoms with Crippen molar-refractivity contribution in [3.8, 4) is 0 Å². The molecular formula is C9H16N2O. The third-order valence-corrected chi connectivity index (χ3v) is 1.96. The molecule has 12 heavy (non-hydrogen) atoms. The number of nitrogens with one attached hydrogen (secondary N) is 2. The summed E-state index contributed by atoms with van der Waals surface area (Å²) in [6.45, 7) is 3.06. The molecular weight excluding hydrogens is 152 g/mol. The predicted octanol–water partition coefficient (Wildman–Crippen LogP) is 0.875. The number of aromatic nitrogens is 1. The minimum absolute atomic E-state index is 0.206. The van der Waals surface area contributed by atoms with Crippen LogP contribution in [0.1, 0.15) is 19.0 Å². The molecule has 1 heterocycles. The van der Waals surface area contributed by atoms with E-state index in [1.54, 1.807) is 0 Å².